The van der Waals surface area contributed by atoms with E-state index in [-0.39, 0.29) is 5.41 Å². The zero-order valence-electron chi connectivity index (χ0n) is 31.2. The number of hydrogen-bond acceptors (Lipinski definition) is 0. The molecular weight excluding hydrogens is 667 g/mol. The Morgan fingerprint density at radius 2 is 0.818 bits per heavy atom. The molecule has 3 heterocycles. The molecule has 0 spiro atoms. The molecular formula is C52H39N3. The van der Waals surface area contributed by atoms with Gasteiger partial charge in [0.25, 0.3) is 0 Å². The molecule has 0 aliphatic carbocycles. The predicted molar refractivity (Wildman–Crippen MR) is 234 cm³/mol. The molecule has 11 aromatic rings. The van der Waals surface area contributed by atoms with Gasteiger partial charge in [-0.05, 0) is 89.3 Å². The minimum Gasteiger partial charge on any atom is -0.309 e. The van der Waals surface area contributed by atoms with Crippen molar-refractivity contribution in [2.75, 3.05) is 0 Å². The van der Waals surface area contributed by atoms with Crippen LogP contribution in [-0.4, -0.2) is 13.7 Å². The molecule has 8 aromatic carbocycles. The van der Waals surface area contributed by atoms with Crippen LogP contribution >= 0.6 is 0 Å². The van der Waals surface area contributed by atoms with Crippen molar-refractivity contribution in [2.45, 2.75) is 26.2 Å². The standard InChI is InChI=1S/C52H39N3/c1-52(2,3)35-26-28-37(29-27-35)54-45-23-13-9-19-40(45)50-48(54)31-32-49-51(50)41-20-10-14-24-46(41)55(49)43-21-11-7-17-38(43)34-25-30-47-42(33-34)39-18-8-12-22-44(39)53(47)36-15-5-4-6-16-36/h4-33H,1-3H3. The first kappa shape index (κ1) is 31.7. The summed E-state index contributed by atoms with van der Waals surface area (Å²) in [7, 11) is 0. The molecule has 0 saturated heterocycles. The van der Waals surface area contributed by atoms with Crippen LogP contribution in [0.25, 0.3) is 93.6 Å². The molecule has 11 rings (SSSR count). The predicted octanol–water partition coefficient (Wildman–Crippen LogP) is 13.9. The highest BCUT2D eigenvalue weighted by molar-refractivity contribution is 6.29. The summed E-state index contributed by atoms with van der Waals surface area (Å²) in [6.07, 6.45) is 0. The number of fused-ring (bicyclic) bond motifs is 10. The second-order valence-electron chi connectivity index (χ2n) is 15.8. The fourth-order valence-corrected chi connectivity index (χ4v) is 9.07. The number of rotatable bonds is 4. The molecule has 0 aliphatic heterocycles. The average Bonchev–Trinajstić information content (AvgIpc) is 3.86. The van der Waals surface area contributed by atoms with Crippen molar-refractivity contribution in [2.24, 2.45) is 0 Å². The summed E-state index contributed by atoms with van der Waals surface area (Å²) in [6, 6.07) is 66.9. The molecule has 55 heavy (non-hydrogen) atoms. The van der Waals surface area contributed by atoms with Crippen LogP contribution in [0.15, 0.2) is 182 Å². The third-order valence-corrected chi connectivity index (χ3v) is 11.6. The maximum Gasteiger partial charge on any atom is 0.0549 e. The topological polar surface area (TPSA) is 14.8 Å². The van der Waals surface area contributed by atoms with Gasteiger partial charge in [-0.2, -0.15) is 0 Å². The smallest absolute Gasteiger partial charge is 0.0549 e. The van der Waals surface area contributed by atoms with Crippen LogP contribution in [0, 0.1) is 0 Å². The fraction of sp³-hybridized carbons (Fsp3) is 0.0769. The Morgan fingerprint density at radius 3 is 1.49 bits per heavy atom. The Kier molecular flexibility index (Phi) is 6.81. The number of para-hydroxylation sites is 5. The lowest BCUT2D eigenvalue weighted by molar-refractivity contribution is 0.590. The summed E-state index contributed by atoms with van der Waals surface area (Å²) in [5, 5.41) is 7.59. The molecule has 0 bridgehead atoms. The lowest BCUT2D eigenvalue weighted by Gasteiger charge is -2.19. The van der Waals surface area contributed by atoms with Crippen LogP contribution in [-0.2, 0) is 5.41 Å². The van der Waals surface area contributed by atoms with E-state index in [1.807, 2.05) is 0 Å². The van der Waals surface area contributed by atoms with E-state index < -0.39 is 0 Å². The summed E-state index contributed by atoms with van der Waals surface area (Å²) in [5.74, 6) is 0. The summed E-state index contributed by atoms with van der Waals surface area (Å²) >= 11 is 0. The minimum atomic E-state index is 0.0937. The Morgan fingerprint density at radius 1 is 0.345 bits per heavy atom. The van der Waals surface area contributed by atoms with E-state index in [1.165, 1.54) is 99.2 Å². The average molecular weight is 706 g/mol. The van der Waals surface area contributed by atoms with Crippen LogP contribution in [0.3, 0.4) is 0 Å². The van der Waals surface area contributed by atoms with Gasteiger partial charge in [-0.1, -0.05) is 130 Å². The SMILES string of the molecule is CC(C)(C)c1ccc(-n2c3ccccc3c3c4c5ccccc5n(-c5ccccc5-c5ccc6c(c5)c5ccccc5n6-c5ccccc5)c4ccc32)cc1. The highest BCUT2D eigenvalue weighted by Gasteiger charge is 2.22. The Bertz CT molecular complexity index is 3270. The van der Waals surface area contributed by atoms with Gasteiger partial charge in [0.15, 0.2) is 0 Å². The van der Waals surface area contributed by atoms with Crippen molar-refractivity contribution in [3.8, 4) is 28.2 Å². The van der Waals surface area contributed by atoms with Crippen LogP contribution in [0.5, 0.6) is 0 Å². The van der Waals surface area contributed by atoms with Gasteiger partial charge >= 0.3 is 0 Å². The highest BCUT2D eigenvalue weighted by atomic mass is 15.0. The van der Waals surface area contributed by atoms with E-state index in [4.69, 9.17) is 0 Å². The third kappa shape index (κ3) is 4.69. The Balaban J connectivity index is 1.17. The summed E-state index contributed by atoms with van der Waals surface area (Å²) in [6.45, 7) is 6.82. The van der Waals surface area contributed by atoms with E-state index in [2.05, 4.69) is 216 Å². The van der Waals surface area contributed by atoms with E-state index in [0.29, 0.717) is 0 Å². The van der Waals surface area contributed by atoms with Crippen molar-refractivity contribution >= 4 is 65.4 Å². The second-order valence-corrected chi connectivity index (χ2v) is 15.8. The van der Waals surface area contributed by atoms with Crippen LogP contribution < -0.4 is 0 Å². The van der Waals surface area contributed by atoms with E-state index in [9.17, 15) is 0 Å². The quantitative estimate of drug-likeness (QED) is 0.173. The van der Waals surface area contributed by atoms with Crippen molar-refractivity contribution < 1.29 is 0 Å². The van der Waals surface area contributed by atoms with Gasteiger partial charge in [0.05, 0.1) is 38.8 Å². The first-order chi connectivity index (χ1) is 27.0. The second kappa shape index (κ2) is 11.8. The lowest BCUT2D eigenvalue weighted by Crippen LogP contribution is -2.10. The molecule has 0 N–H and O–H groups in total. The van der Waals surface area contributed by atoms with Gasteiger partial charge in [0.1, 0.15) is 0 Å². The number of nitrogens with zero attached hydrogens (tertiary/aromatic N) is 3. The van der Waals surface area contributed by atoms with Crippen molar-refractivity contribution in [1.29, 1.82) is 0 Å². The fourth-order valence-electron chi connectivity index (χ4n) is 9.07. The van der Waals surface area contributed by atoms with Gasteiger partial charge in [0.2, 0.25) is 0 Å². The summed E-state index contributed by atoms with van der Waals surface area (Å²) < 4.78 is 7.31. The van der Waals surface area contributed by atoms with Crippen LogP contribution in [0.2, 0.25) is 0 Å². The molecule has 262 valence electrons. The number of aromatic nitrogens is 3. The first-order valence-corrected chi connectivity index (χ1v) is 19.2. The molecule has 0 unspecified atom stereocenters. The van der Waals surface area contributed by atoms with Crippen LogP contribution in [0.1, 0.15) is 26.3 Å². The normalized spacial score (nSPS) is 12.3. The monoisotopic (exact) mass is 705 g/mol. The molecule has 0 radical (unpaired) electrons. The molecule has 0 fully saturated rings. The minimum absolute atomic E-state index is 0.0937. The van der Waals surface area contributed by atoms with Crippen molar-refractivity contribution in [3.63, 3.8) is 0 Å². The van der Waals surface area contributed by atoms with Gasteiger partial charge in [-0.25, -0.2) is 0 Å². The van der Waals surface area contributed by atoms with Gasteiger partial charge in [-0.3, -0.25) is 0 Å². The first-order valence-electron chi connectivity index (χ1n) is 19.2. The molecule has 3 nitrogen and oxygen atoms in total. The number of benzene rings is 8. The van der Waals surface area contributed by atoms with Crippen LogP contribution in [0.4, 0.5) is 0 Å². The maximum absolute atomic E-state index is 2.49. The molecule has 0 atom stereocenters. The Hall–Kier alpha value is -6.84. The zero-order valence-corrected chi connectivity index (χ0v) is 31.2. The summed E-state index contributed by atoms with van der Waals surface area (Å²) in [4.78, 5) is 0. The van der Waals surface area contributed by atoms with E-state index >= 15 is 0 Å². The maximum atomic E-state index is 2.49. The lowest BCUT2D eigenvalue weighted by atomic mass is 9.87. The van der Waals surface area contributed by atoms with Gasteiger partial charge in [-0.15, -0.1) is 0 Å². The van der Waals surface area contributed by atoms with E-state index in [1.54, 1.807) is 0 Å². The van der Waals surface area contributed by atoms with Gasteiger partial charge < -0.3 is 13.7 Å². The van der Waals surface area contributed by atoms with E-state index in [0.717, 1.165) is 0 Å². The van der Waals surface area contributed by atoms with Crippen molar-refractivity contribution in [1.82, 2.24) is 13.7 Å². The molecule has 0 amide bonds. The summed E-state index contributed by atoms with van der Waals surface area (Å²) in [5.41, 5.74) is 14.6. The molecule has 3 heteroatoms. The Labute approximate surface area is 319 Å². The number of hydrogen-bond donors (Lipinski definition) is 0. The molecule has 0 aliphatic rings. The molecule has 0 saturated carbocycles. The third-order valence-electron chi connectivity index (χ3n) is 11.6. The van der Waals surface area contributed by atoms with Gasteiger partial charge in [0, 0.05) is 49.3 Å². The molecule has 3 aromatic heterocycles. The van der Waals surface area contributed by atoms with Crippen molar-refractivity contribution in [3.05, 3.63) is 188 Å². The zero-order chi connectivity index (χ0) is 36.8. The largest absolute Gasteiger partial charge is 0.309 e. The highest BCUT2D eigenvalue weighted by Crippen LogP contribution is 2.44.